The van der Waals surface area contributed by atoms with Gasteiger partial charge < -0.3 is 15.0 Å². The molecule has 42 heavy (non-hydrogen) atoms. The third-order valence-corrected chi connectivity index (χ3v) is 9.53. The number of hydrogen-bond donors (Lipinski definition) is 1. The lowest BCUT2D eigenvalue weighted by molar-refractivity contribution is -0.139. The van der Waals surface area contributed by atoms with Crippen molar-refractivity contribution in [3.63, 3.8) is 0 Å². The first-order chi connectivity index (χ1) is 20.0. The number of carbonyl (C=O) groups is 2. The summed E-state index contributed by atoms with van der Waals surface area (Å²) in [6, 6.07) is 15.4. The van der Waals surface area contributed by atoms with E-state index in [1.54, 1.807) is 19.1 Å². The number of benzene rings is 3. The first-order valence-electron chi connectivity index (χ1n) is 13.8. The lowest BCUT2D eigenvalue weighted by atomic mass is 10.1. The zero-order valence-corrected chi connectivity index (χ0v) is 25.4. The third kappa shape index (κ3) is 7.41. The van der Waals surface area contributed by atoms with Crippen LogP contribution in [0.5, 0.6) is 5.75 Å². The first kappa shape index (κ1) is 31.3. The van der Waals surface area contributed by atoms with Gasteiger partial charge in [0.25, 0.3) is 10.0 Å². The van der Waals surface area contributed by atoms with Crippen LogP contribution in [0.4, 0.5) is 10.1 Å². The van der Waals surface area contributed by atoms with Gasteiger partial charge in [-0.3, -0.25) is 13.9 Å². The van der Waals surface area contributed by atoms with Crippen molar-refractivity contribution in [1.29, 1.82) is 0 Å². The molecule has 8 nitrogen and oxygen atoms in total. The minimum absolute atomic E-state index is 0.00931. The maximum atomic E-state index is 14.0. The highest BCUT2D eigenvalue weighted by atomic mass is 35.5. The highest BCUT2D eigenvalue weighted by molar-refractivity contribution is 7.92. The molecule has 0 aliphatic heterocycles. The molecule has 1 N–H and O–H groups in total. The van der Waals surface area contributed by atoms with E-state index < -0.39 is 34.3 Å². The normalized spacial score (nSPS) is 14.3. The molecule has 4 rings (SSSR count). The Hall–Kier alpha value is -3.63. The molecule has 1 aliphatic carbocycles. The molecule has 2 amide bonds. The SMILES string of the molecule is COc1ccc(N(CC(=O)N(Cc2ccc(F)cc2)C(C)C(=O)NC2CCCC2)S(=O)(=O)c2ccc(C)cc2)cc1Cl. The van der Waals surface area contributed by atoms with E-state index in [4.69, 9.17) is 16.3 Å². The minimum atomic E-state index is -4.24. The van der Waals surface area contributed by atoms with Crippen molar-refractivity contribution in [1.82, 2.24) is 10.2 Å². The van der Waals surface area contributed by atoms with Gasteiger partial charge in [0.15, 0.2) is 0 Å². The maximum absolute atomic E-state index is 14.0. The van der Waals surface area contributed by atoms with Crippen LogP contribution in [-0.4, -0.2) is 50.9 Å². The molecule has 1 aliphatic rings. The molecule has 0 aromatic heterocycles. The van der Waals surface area contributed by atoms with Crippen molar-refractivity contribution in [3.8, 4) is 5.75 Å². The third-order valence-electron chi connectivity index (χ3n) is 7.45. The molecule has 11 heteroatoms. The van der Waals surface area contributed by atoms with E-state index in [9.17, 15) is 22.4 Å². The van der Waals surface area contributed by atoms with Crippen LogP contribution in [0, 0.1) is 12.7 Å². The molecular formula is C31H35ClFN3O5S. The lowest BCUT2D eigenvalue weighted by Crippen LogP contribution is -2.52. The van der Waals surface area contributed by atoms with E-state index in [1.807, 2.05) is 6.92 Å². The summed E-state index contributed by atoms with van der Waals surface area (Å²) in [7, 11) is -2.80. The van der Waals surface area contributed by atoms with E-state index in [0.29, 0.717) is 11.3 Å². The molecule has 1 saturated carbocycles. The van der Waals surface area contributed by atoms with Gasteiger partial charge in [-0.15, -0.1) is 0 Å². The quantitative estimate of drug-likeness (QED) is 0.309. The molecule has 1 fully saturated rings. The van der Waals surface area contributed by atoms with Crippen LogP contribution in [-0.2, 0) is 26.2 Å². The summed E-state index contributed by atoms with van der Waals surface area (Å²) >= 11 is 6.36. The van der Waals surface area contributed by atoms with Crippen LogP contribution in [0.2, 0.25) is 5.02 Å². The summed E-state index contributed by atoms with van der Waals surface area (Å²) in [6.45, 7) is 2.81. The van der Waals surface area contributed by atoms with E-state index >= 15 is 0 Å². The Morgan fingerprint density at radius 3 is 2.29 bits per heavy atom. The fourth-order valence-electron chi connectivity index (χ4n) is 4.94. The number of rotatable bonds is 11. The Morgan fingerprint density at radius 1 is 1.05 bits per heavy atom. The first-order valence-corrected chi connectivity index (χ1v) is 15.6. The van der Waals surface area contributed by atoms with E-state index in [1.165, 1.54) is 66.6 Å². The summed E-state index contributed by atoms with van der Waals surface area (Å²) in [4.78, 5) is 28.6. The number of nitrogens with one attached hydrogen (secondary N) is 1. The highest BCUT2D eigenvalue weighted by Gasteiger charge is 2.33. The van der Waals surface area contributed by atoms with Crippen molar-refractivity contribution in [2.24, 2.45) is 0 Å². The number of carbonyl (C=O) groups excluding carboxylic acids is 2. The molecule has 0 saturated heterocycles. The van der Waals surface area contributed by atoms with Gasteiger partial charge >= 0.3 is 0 Å². The number of ether oxygens (including phenoxy) is 1. The molecule has 1 unspecified atom stereocenters. The summed E-state index contributed by atoms with van der Waals surface area (Å²) in [5.74, 6) is -1.04. The minimum Gasteiger partial charge on any atom is -0.495 e. The van der Waals surface area contributed by atoms with Crippen molar-refractivity contribution in [2.45, 2.75) is 63.1 Å². The number of sulfonamides is 1. The largest absolute Gasteiger partial charge is 0.495 e. The predicted molar refractivity (Wildman–Crippen MR) is 161 cm³/mol. The second kappa shape index (κ2) is 13.6. The van der Waals surface area contributed by atoms with E-state index in [2.05, 4.69) is 5.32 Å². The average Bonchev–Trinajstić information content (AvgIpc) is 3.48. The summed E-state index contributed by atoms with van der Waals surface area (Å²) in [6.07, 6.45) is 3.78. The summed E-state index contributed by atoms with van der Waals surface area (Å²) in [5, 5.41) is 3.19. The van der Waals surface area contributed by atoms with Gasteiger partial charge in [-0.1, -0.05) is 54.3 Å². The number of anilines is 1. The Balaban J connectivity index is 1.71. The van der Waals surface area contributed by atoms with Crippen molar-refractivity contribution >= 4 is 39.1 Å². The van der Waals surface area contributed by atoms with Gasteiger partial charge in [0.1, 0.15) is 24.2 Å². The predicted octanol–water partition coefficient (Wildman–Crippen LogP) is 5.47. The van der Waals surface area contributed by atoms with E-state index in [0.717, 1.165) is 35.6 Å². The van der Waals surface area contributed by atoms with Gasteiger partial charge in [0, 0.05) is 12.6 Å². The number of nitrogens with zero attached hydrogens (tertiary/aromatic N) is 2. The molecule has 224 valence electrons. The van der Waals surface area contributed by atoms with Crippen LogP contribution in [0.25, 0.3) is 0 Å². The summed E-state index contributed by atoms with van der Waals surface area (Å²) < 4.78 is 47.7. The zero-order chi connectivity index (χ0) is 30.4. The summed E-state index contributed by atoms with van der Waals surface area (Å²) in [5.41, 5.74) is 1.61. The number of amides is 2. The molecule has 0 spiro atoms. The molecular weight excluding hydrogens is 581 g/mol. The second-order valence-electron chi connectivity index (χ2n) is 10.5. The molecule has 3 aromatic carbocycles. The second-order valence-corrected chi connectivity index (χ2v) is 12.7. The van der Waals surface area contributed by atoms with Gasteiger partial charge in [0.2, 0.25) is 11.8 Å². The Morgan fingerprint density at radius 2 is 1.69 bits per heavy atom. The van der Waals surface area contributed by atoms with Crippen LogP contribution in [0.3, 0.4) is 0 Å². The standard InChI is InChI=1S/C31H35ClFN3O5S/c1-21-8-15-27(16-9-21)42(39,40)36(26-14-17-29(41-3)28(32)18-26)20-30(37)35(19-23-10-12-24(33)13-11-23)22(2)31(38)34-25-6-4-5-7-25/h8-18,22,25H,4-7,19-20H2,1-3H3,(H,34,38). The smallest absolute Gasteiger partial charge is 0.264 e. The van der Waals surface area contributed by atoms with Crippen LogP contribution in [0.1, 0.15) is 43.7 Å². The van der Waals surface area contributed by atoms with Crippen molar-refractivity contribution < 1.29 is 27.1 Å². The number of methoxy groups -OCH3 is 1. The lowest BCUT2D eigenvalue weighted by Gasteiger charge is -2.32. The van der Waals surface area contributed by atoms with Gasteiger partial charge in [0.05, 0.1) is 22.7 Å². The fourth-order valence-corrected chi connectivity index (χ4v) is 6.60. The zero-order valence-electron chi connectivity index (χ0n) is 23.8. The van der Waals surface area contributed by atoms with Crippen molar-refractivity contribution in [3.05, 3.63) is 88.7 Å². The Bertz CT molecular complexity index is 1510. The number of hydrogen-bond acceptors (Lipinski definition) is 5. The van der Waals surface area contributed by atoms with E-state index in [-0.39, 0.29) is 34.1 Å². The molecule has 0 heterocycles. The highest BCUT2D eigenvalue weighted by Crippen LogP contribution is 2.32. The fraction of sp³-hybridized carbons (Fsp3) is 0.355. The van der Waals surface area contributed by atoms with Gasteiger partial charge in [-0.25, -0.2) is 12.8 Å². The Labute approximate surface area is 251 Å². The Kier molecular flexibility index (Phi) is 10.1. The van der Waals surface area contributed by atoms with Gasteiger partial charge in [-0.05, 0) is 74.7 Å². The topological polar surface area (TPSA) is 96.0 Å². The van der Waals surface area contributed by atoms with Gasteiger partial charge in [-0.2, -0.15) is 0 Å². The monoisotopic (exact) mass is 615 g/mol. The molecule has 1 atom stereocenters. The van der Waals surface area contributed by atoms with Crippen molar-refractivity contribution in [2.75, 3.05) is 18.0 Å². The van der Waals surface area contributed by atoms with Crippen LogP contribution >= 0.6 is 11.6 Å². The molecule has 3 aromatic rings. The van der Waals surface area contributed by atoms with Crippen LogP contribution in [0.15, 0.2) is 71.6 Å². The molecule has 0 radical (unpaired) electrons. The average molecular weight is 616 g/mol. The van der Waals surface area contributed by atoms with Crippen LogP contribution < -0.4 is 14.4 Å². The number of halogens is 2. The number of aryl methyl sites for hydroxylation is 1. The molecule has 0 bridgehead atoms. The maximum Gasteiger partial charge on any atom is 0.264 e.